The predicted octanol–water partition coefficient (Wildman–Crippen LogP) is 2.10. The van der Waals surface area contributed by atoms with Crippen LogP contribution in [-0.4, -0.2) is 23.2 Å². The van der Waals surface area contributed by atoms with Gasteiger partial charge < -0.3 is 10.4 Å². The molecule has 1 aliphatic rings. The summed E-state index contributed by atoms with van der Waals surface area (Å²) < 4.78 is 1.01. The number of aliphatic hydroxyl groups excluding tert-OH is 1. The Kier molecular flexibility index (Phi) is 3.64. The highest BCUT2D eigenvalue weighted by Crippen LogP contribution is 2.34. The quantitative estimate of drug-likeness (QED) is 0.836. The molecule has 0 aliphatic heterocycles. The number of nitrogens with one attached hydrogen (secondary N) is 1. The first-order valence-corrected chi connectivity index (χ1v) is 6.30. The minimum atomic E-state index is -0.346. The van der Waals surface area contributed by atoms with Crippen molar-refractivity contribution in [1.29, 1.82) is 0 Å². The highest BCUT2D eigenvalue weighted by molar-refractivity contribution is 9.10. The van der Waals surface area contributed by atoms with Crippen molar-refractivity contribution in [2.45, 2.75) is 18.4 Å². The van der Waals surface area contributed by atoms with Crippen LogP contribution >= 0.6 is 15.9 Å². The summed E-state index contributed by atoms with van der Waals surface area (Å²) in [5.41, 5.74) is 0.624. The Morgan fingerprint density at radius 2 is 2.06 bits per heavy atom. The minimum absolute atomic E-state index is 0.0187. The first-order chi connectivity index (χ1) is 8.13. The van der Waals surface area contributed by atoms with Gasteiger partial charge in [0.05, 0.1) is 12.1 Å². The van der Waals surface area contributed by atoms with Crippen LogP contribution < -0.4 is 5.32 Å². The van der Waals surface area contributed by atoms with E-state index in [4.69, 9.17) is 5.11 Å². The second-order valence-electron chi connectivity index (χ2n) is 4.31. The number of amides is 1. The van der Waals surface area contributed by atoms with Crippen molar-refractivity contribution in [2.24, 2.45) is 0 Å². The maximum absolute atomic E-state index is 11.6. The lowest BCUT2D eigenvalue weighted by atomic mass is 10.2. The summed E-state index contributed by atoms with van der Waals surface area (Å²) in [7, 11) is 0. The molecule has 1 aromatic carbocycles. The number of carbonyl (C=O) groups excluding carboxylic acids is 1. The van der Waals surface area contributed by atoms with Gasteiger partial charge in [-0.3, -0.25) is 4.79 Å². The molecule has 2 N–H and O–H groups in total. The van der Waals surface area contributed by atoms with Gasteiger partial charge in [-0.25, -0.2) is 0 Å². The Hall–Kier alpha value is -1.13. The van der Waals surface area contributed by atoms with Crippen LogP contribution in [0, 0.1) is 0 Å². The lowest BCUT2D eigenvalue weighted by Crippen LogP contribution is -2.38. The van der Waals surface area contributed by atoms with Crippen molar-refractivity contribution in [2.75, 3.05) is 6.61 Å². The van der Waals surface area contributed by atoms with Crippen LogP contribution in [0.15, 0.2) is 34.8 Å². The van der Waals surface area contributed by atoms with Crippen molar-refractivity contribution in [3.05, 3.63) is 40.4 Å². The Morgan fingerprint density at radius 3 is 2.59 bits per heavy atom. The molecule has 0 unspecified atom stereocenters. The summed E-state index contributed by atoms with van der Waals surface area (Å²) >= 11 is 3.35. The van der Waals surface area contributed by atoms with E-state index in [1.54, 1.807) is 6.08 Å². The molecule has 1 aliphatic carbocycles. The lowest BCUT2D eigenvalue weighted by Gasteiger charge is -2.11. The Bertz CT molecular complexity index is 435. The van der Waals surface area contributed by atoms with Gasteiger partial charge in [0.25, 0.3) is 0 Å². The van der Waals surface area contributed by atoms with Gasteiger partial charge in [-0.15, -0.1) is 0 Å². The van der Waals surface area contributed by atoms with E-state index >= 15 is 0 Å². The number of rotatable bonds is 4. The predicted molar refractivity (Wildman–Crippen MR) is 70.4 cm³/mol. The van der Waals surface area contributed by atoms with Crippen molar-refractivity contribution < 1.29 is 9.90 Å². The normalized spacial score (nSPS) is 17.1. The van der Waals surface area contributed by atoms with Crippen molar-refractivity contribution in [3.8, 4) is 0 Å². The fraction of sp³-hybridized carbons (Fsp3) is 0.308. The van der Waals surface area contributed by atoms with E-state index in [0.717, 1.165) is 22.9 Å². The number of aliphatic hydroxyl groups is 1. The molecule has 0 aromatic heterocycles. The average molecular weight is 296 g/mol. The highest BCUT2D eigenvalue weighted by atomic mass is 79.9. The standard InChI is InChI=1S/C13H14BrNO2/c14-11-4-1-10(2-5-11)3-6-12(17)15-13(9-16)7-8-13/h1-6,16H,7-9H2,(H,15,17)/b6-3+. The molecule has 4 heteroatoms. The van der Waals surface area contributed by atoms with Crippen LogP contribution in [0.5, 0.6) is 0 Å². The SMILES string of the molecule is O=C(/C=C/c1ccc(Br)cc1)NC1(CO)CC1. The van der Waals surface area contributed by atoms with Gasteiger partial charge >= 0.3 is 0 Å². The van der Waals surface area contributed by atoms with Gasteiger partial charge in [0.1, 0.15) is 0 Å². The fourth-order valence-corrected chi connectivity index (χ4v) is 1.79. The summed E-state index contributed by atoms with van der Waals surface area (Å²) in [6.07, 6.45) is 4.98. The van der Waals surface area contributed by atoms with E-state index < -0.39 is 0 Å². The van der Waals surface area contributed by atoms with Crippen molar-refractivity contribution in [3.63, 3.8) is 0 Å². The maximum Gasteiger partial charge on any atom is 0.244 e. The first kappa shape index (κ1) is 12.3. The molecule has 0 saturated heterocycles. The average Bonchev–Trinajstić information content (AvgIpc) is 3.09. The molecule has 90 valence electrons. The maximum atomic E-state index is 11.6. The van der Waals surface area contributed by atoms with Gasteiger partial charge in [-0.05, 0) is 36.6 Å². The molecule has 0 atom stereocenters. The second-order valence-corrected chi connectivity index (χ2v) is 5.23. The third-order valence-electron chi connectivity index (χ3n) is 2.84. The molecule has 0 heterocycles. The molecule has 0 radical (unpaired) electrons. The number of hydrogen-bond acceptors (Lipinski definition) is 2. The molecule has 0 spiro atoms. The summed E-state index contributed by atoms with van der Waals surface area (Å²) in [5.74, 6) is -0.153. The lowest BCUT2D eigenvalue weighted by molar-refractivity contribution is -0.117. The molecule has 0 bridgehead atoms. The van der Waals surface area contributed by atoms with Gasteiger partial charge in [0.15, 0.2) is 0 Å². The summed E-state index contributed by atoms with van der Waals surface area (Å²) in [6, 6.07) is 7.70. The van der Waals surface area contributed by atoms with E-state index in [1.165, 1.54) is 6.08 Å². The Labute approximate surface area is 109 Å². The molecule has 1 fully saturated rings. The topological polar surface area (TPSA) is 49.3 Å². The largest absolute Gasteiger partial charge is 0.394 e. The van der Waals surface area contributed by atoms with E-state index in [2.05, 4.69) is 21.2 Å². The first-order valence-electron chi connectivity index (χ1n) is 5.50. The molecule has 17 heavy (non-hydrogen) atoms. The minimum Gasteiger partial charge on any atom is -0.394 e. The van der Waals surface area contributed by atoms with Gasteiger partial charge in [0.2, 0.25) is 5.91 Å². The molecule has 1 aromatic rings. The summed E-state index contributed by atoms with van der Waals surface area (Å²) in [4.78, 5) is 11.6. The number of hydrogen-bond donors (Lipinski definition) is 2. The smallest absolute Gasteiger partial charge is 0.244 e. The number of benzene rings is 1. The molecule has 1 saturated carbocycles. The fourth-order valence-electron chi connectivity index (χ4n) is 1.52. The third kappa shape index (κ3) is 3.41. The molecule has 2 rings (SSSR count). The number of halogens is 1. The Balaban J connectivity index is 1.92. The zero-order valence-electron chi connectivity index (χ0n) is 9.32. The van der Waals surface area contributed by atoms with Crippen LogP contribution in [0.4, 0.5) is 0 Å². The van der Waals surface area contributed by atoms with Gasteiger partial charge in [-0.1, -0.05) is 28.1 Å². The summed E-state index contributed by atoms with van der Waals surface area (Å²) in [6.45, 7) is 0.0187. The Morgan fingerprint density at radius 1 is 1.41 bits per heavy atom. The van der Waals surface area contributed by atoms with E-state index in [0.29, 0.717) is 0 Å². The van der Waals surface area contributed by atoms with Crippen molar-refractivity contribution >= 4 is 27.9 Å². The van der Waals surface area contributed by atoms with Gasteiger partial charge in [0, 0.05) is 10.5 Å². The monoisotopic (exact) mass is 295 g/mol. The molecule has 1 amide bonds. The molecular formula is C13H14BrNO2. The van der Waals surface area contributed by atoms with Crippen LogP contribution in [0.25, 0.3) is 6.08 Å². The van der Waals surface area contributed by atoms with Crippen LogP contribution in [0.1, 0.15) is 18.4 Å². The van der Waals surface area contributed by atoms with E-state index in [1.807, 2.05) is 24.3 Å². The third-order valence-corrected chi connectivity index (χ3v) is 3.37. The van der Waals surface area contributed by atoms with Crippen LogP contribution in [0.2, 0.25) is 0 Å². The molecule has 3 nitrogen and oxygen atoms in total. The highest BCUT2D eigenvalue weighted by Gasteiger charge is 2.42. The van der Waals surface area contributed by atoms with Crippen LogP contribution in [-0.2, 0) is 4.79 Å². The second kappa shape index (κ2) is 5.02. The van der Waals surface area contributed by atoms with E-state index in [-0.39, 0.29) is 18.1 Å². The van der Waals surface area contributed by atoms with Crippen molar-refractivity contribution in [1.82, 2.24) is 5.32 Å². The van der Waals surface area contributed by atoms with E-state index in [9.17, 15) is 4.79 Å². The zero-order valence-corrected chi connectivity index (χ0v) is 10.9. The van der Waals surface area contributed by atoms with Crippen LogP contribution in [0.3, 0.4) is 0 Å². The summed E-state index contributed by atoms with van der Waals surface area (Å²) in [5, 5.41) is 11.9. The van der Waals surface area contributed by atoms with Gasteiger partial charge in [-0.2, -0.15) is 0 Å². The molecular weight excluding hydrogens is 282 g/mol. The number of carbonyl (C=O) groups is 1. The zero-order chi connectivity index (χ0) is 12.3.